The summed E-state index contributed by atoms with van der Waals surface area (Å²) >= 11 is 13.3. The van der Waals surface area contributed by atoms with Gasteiger partial charge in [0, 0.05) is 15.1 Å². The van der Waals surface area contributed by atoms with Crippen LogP contribution in [0.5, 0.6) is 23.0 Å². The van der Waals surface area contributed by atoms with Crippen LogP contribution in [0.2, 0.25) is 5.02 Å². The normalized spacial score (nSPS) is 14.4. The van der Waals surface area contributed by atoms with E-state index in [4.69, 9.17) is 35.3 Å². The largest absolute Gasteiger partial charge is 0.493 e. The van der Waals surface area contributed by atoms with Gasteiger partial charge in [-0.05, 0) is 84.0 Å². The van der Waals surface area contributed by atoms with Crippen molar-refractivity contribution in [3.63, 3.8) is 0 Å². The molecule has 5 rings (SSSR count). The SMILES string of the molecule is CCOC(=O)C1=C(C)N=c2s/c(=C\c3cc(I)c(OCc4ccccc4Cl)c(OC)c3)c(=O)n2[C@H]1c1cc(OC)c(OC)cc1Br. The second-order valence-electron chi connectivity index (χ2n) is 9.95. The minimum atomic E-state index is -0.845. The number of allylic oxidation sites excluding steroid dienone is 1. The summed E-state index contributed by atoms with van der Waals surface area (Å²) in [6.45, 7) is 3.89. The number of rotatable bonds is 10. The second kappa shape index (κ2) is 14.6. The topological polar surface area (TPSA) is 97.6 Å². The summed E-state index contributed by atoms with van der Waals surface area (Å²) in [5, 5.41) is 0.614. The van der Waals surface area contributed by atoms with E-state index in [1.807, 2.05) is 30.3 Å². The van der Waals surface area contributed by atoms with Crippen molar-refractivity contribution in [3.05, 3.63) is 109 Å². The van der Waals surface area contributed by atoms with E-state index in [9.17, 15) is 9.59 Å². The molecule has 0 N–H and O–H groups in total. The number of nitrogens with zero attached hydrogens (tertiary/aromatic N) is 2. The lowest BCUT2D eigenvalue weighted by atomic mass is 9.95. The summed E-state index contributed by atoms with van der Waals surface area (Å²) < 4.78 is 31.6. The van der Waals surface area contributed by atoms with Crippen LogP contribution >= 0.6 is 61.5 Å². The van der Waals surface area contributed by atoms with Gasteiger partial charge in [-0.1, -0.05) is 57.1 Å². The molecule has 4 aromatic rings. The van der Waals surface area contributed by atoms with E-state index in [0.29, 0.717) is 53.1 Å². The number of aromatic nitrogens is 1. The molecule has 0 amide bonds. The van der Waals surface area contributed by atoms with E-state index in [0.717, 1.165) is 14.7 Å². The third kappa shape index (κ3) is 6.71. The van der Waals surface area contributed by atoms with Gasteiger partial charge < -0.3 is 23.7 Å². The van der Waals surface area contributed by atoms with Gasteiger partial charge in [0.2, 0.25) is 0 Å². The van der Waals surface area contributed by atoms with Gasteiger partial charge in [-0.15, -0.1) is 0 Å². The number of esters is 1. The maximum Gasteiger partial charge on any atom is 0.338 e. The first-order chi connectivity index (χ1) is 22.1. The highest BCUT2D eigenvalue weighted by molar-refractivity contribution is 14.1. The molecule has 240 valence electrons. The molecule has 46 heavy (non-hydrogen) atoms. The van der Waals surface area contributed by atoms with E-state index in [-0.39, 0.29) is 24.3 Å². The Labute approximate surface area is 296 Å². The Morgan fingerprint density at radius 3 is 2.46 bits per heavy atom. The number of methoxy groups -OCH3 is 3. The molecule has 1 aromatic heterocycles. The van der Waals surface area contributed by atoms with Crippen LogP contribution in [0.1, 0.15) is 36.6 Å². The Morgan fingerprint density at radius 1 is 1.09 bits per heavy atom. The molecule has 1 atom stereocenters. The number of halogens is 3. The maximum absolute atomic E-state index is 14.2. The number of benzene rings is 3. The number of fused-ring (bicyclic) bond motifs is 1. The predicted octanol–water partition coefficient (Wildman–Crippen LogP) is 6.42. The number of hydrogen-bond donors (Lipinski definition) is 0. The Morgan fingerprint density at radius 2 is 1.78 bits per heavy atom. The molecule has 0 aliphatic carbocycles. The summed E-state index contributed by atoms with van der Waals surface area (Å²) in [7, 11) is 4.62. The molecule has 1 aliphatic rings. The lowest BCUT2D eigenvalue weighted by Gasteiger charge is -2.26. The smallest absolute Gasteiger partial charge is 0.338 e. The Bertz CT molecular complexity index is 2040. The number of ether oxygens (including phenoxy) is 5. The van der Waals surface area contributed by atoms with Crippen molar-refractivity contribution in [1.82, 2.24) is 4.57 Å². The fraction of sp³-hybridized carbons (Fsp3) is 0.242. The van der Waals surface area contributed by atoms with Gasteiger partial charge in [-0.3, -0.25) is 9.36 Å². The van der Waals surface area contributed by atoms with Gasteiger partial charge in [0.15, 0.2) is 27.8 Å². The van der Waals surface area contributed by atoms with Crippen LogP contribution in [0.3, 0.4) is 0 Å². The maximum atomic E-state index is 14.2. The lowest BCUT2D eigenvalue weighted by Crippen LogP contribution is -2.40. The van der Waals surface area contributed by atoms with Crippen LogP contribution in [0, 0.1) is 3.57 Å². The summed E-state index contributed by atoms with van der Waals surface area (Å²) in [6, 6.07) is 13.8. The zero-order valence-corrected chi connectivity index (χ0v) is 30.8. The number of carbonyl (C=O) groups is 1. The van der Waals surface area contributed by atoms with Crippen molar-refractivity contribution in [3.8, 4) is 23.0 Å². The van der Waals surface area contributed by atoms with Gasteiger partial charge in [0.25, 0.3) is 5.56 Å². The molecular weight excluding hydrogens is 811 g/mol. The van der Waals surface area contributed by atoms with E-state index < -0.39 is 12.0 Å². The number of thiazole rings is 1. The predicted molar refractivity (Wildman–Crippen MR) is 189 cm³/mol. The number of hydrogen-bond acceptors (Lipinski definition) is 9. The molecule has 0 spiro atoms. The average molecular weight is 840 g/mol. The Hall–Kier alpha value is -3.33. The Balaban J connectivity index is 1.63. The van der Waals surface area contributed by atoms with Crippen molar-refractivity contribution in [2.45, 2.75) is 26.5 Å². The molecular formula is C33H29BrClIN2O7S. The quantitative estimate of drug-likeness (QED) is 0.134. The summed E-state index contributed by atoms with van der Waals surface area (Å²) in [4.78, 5) is 32.6. The van der Waals surface area contributed by atoms with E-state index >= 15 is 0 Å². The highest BCUT2D eigenvalue weighted by atomic mass is 127. The van der Waals surface area contributed by atoms with Gasteiger partial charge in [-0.25, -0.2) is 9.79 Å². The van der Waals surface area contributed by atoms with Crippen LogP contribution in [0.15, 0.2) is 74.1 Å². The van der Waals surface area contributed by atoms with Gasteiger partial charge in [-0.2, -0.15) is 0 Å². The molecule has 3 aromatic carbocycles. The summed E-state index contributed by atoms with van der Waals surface area (Å²) in [6.07, 6.45) is 1.77. The summed E-state index contributed by atoms with van der Waals surface area (Å²) in [5.74, 6) is 1.45. The molecule has 0 unspecified atom stereocenters. The minimum absolute atomic E-state index is 0.165. The van der Waals surface area contributed by atoms with Crippen molar-refractivity contribution in [2.24, 2.45) is 4.99 Å². The molecule has 0 saturated carbocycles. The highest BCUT2D eigenvalue weighted by Crippen LogP contribution is 2.41. The lowest BCUT2D eigenvalue weighted by molar-refractivity contribution is -0.139. The van der Waals surface area contributed by atoms with Gasteiger partial charge >= 0.3 is 5.97 Å². The van der Waals surface area contributed by atoms with E-state index in [1.54, 1.807) is 45.2 Å². The molecule has 0 bridgehead atoms. The molecule has 9 nitrogen and oxygen atoms in total. The molecule has 0 saturated heterocycles. The minimum Gasteiger partial charge on any atom is -0.493 e. The molecule has 1 aliphatic heterocycles. The molecule has 0 radical (unpaired) electrons. The molecule has 13 heteroatoms. The third-order valence-corrected chi connectivity index (χ3v) is 10.0. The monoisotopic (exact) mass is 838 g/mol. The fourth-order valence-electron chi connectivity index (χ4n) is 5.05. The zero-order valence-electron chi connectivity index (χ0n) is 25.5. The van der Waals surface area contributed by atoms with Crippen LogP contribution in [0.4, 0.5) is 0 Å². The highest BCUT2D eigenvalue weighted by Gasteiger charge is 2.35. The van der Waals surface area contributed by atoms with Crippen LogP contribution in [-0.2, 0) is 16.1 Å². The summed E-state index contributed by atoms with van der Waals surface area (Å²) in [5.41, 5.74) is 2.57. The van der Waals surface area contributed by atoms with Crippen molar-refractivity contribution >= 4 is 73.5 Å². The van der Waals surface area contributed by atoms with E-state index in [1.165, 1.54) is 30.1 Å². The Kier molecular flexibility index (Phi) is 10.8. The molecule has 0 fully saturated rings. The van der Waals surface area contributed by atoms with E-state index in [2.05, 4.69) is 43.5 Å². The third-order valence-electron chi connectivity index (χ3n) is 7.19. The number of carbonyl (C=O) groups excluding carboxylic acids is 1. The van der Waals surface area contributed by atoms with Crippen molar-refractivity contribution in [1.29, 1.82) is 0 Å². The van der Waals surface area contributed by atoms with Crippen molar-refractivity contribution < 1.29 is 28.5 Å². The van der Waals surface area contributed by atoms with Crippen LogP contribution < -0.4 is 33.8 Å². The average Bonchev–Trinajstić information content (AvgIpc) is 3.33. The van der Waals surface area contributed by atoms with Gasteiger partial charge in [0.05, 0.1) is 53.4 Å². The zero-order chi connectivity index (χ0) is 33.1. The van der Waals surface area contributed by atoms with Gasteiger partial charge in [0.1, 0.15) is 6.61 Å². The first kappa shape index (κ1) is 34.0. The first-order valence-electron chi connectivity index (χ1n) is 14.0. The fourth-order valence-corrected chi connectivity index (χ4v) is 7.60. The first-order valence-corrected chi connectivity index (χ1v) is 17.0. The molecule has 2 heterocycles. The van der Waals surface area contributed by atoms with Crippen LogP contribution in [0.25, 0.3) is 6.08 Å². The standard InChI is InChI=1S/C33H29BrClIN2O7S/c1-6-44-32(40)28-17(2)37-33-38(29(28)20-14-24(41-3)25(42-4)15-21(20)34)31(39)27(46-33)13-18-11-23(36)30(26(12-18)43-5)45-16-19-9-7-8-10-22(19)35/h7-15,29H,6,16H2,1-5H3/b27-13-/t29-/m0/s1. The van der Waals surface area contributed by atoms with Crippen LogP contribution in [-0.4, -0.2) is 38.5 Å². The second-order valence-corrected chi connectivity index (χ2v) is 13.4. The van der Waals surface area contributed by atoms with Crippen molar-refractivity contribution in [2.75, 3.05) is 27.9 Å².